The molecule has 13 nitrogen and oxygen atoms in total. The van der Waals surface area contributed by atoms with Gasteiger partial charge in [0.2, 0.25) is 11.8 Å². The van der Waals surface area contributed by atoms with Gasteiger partial charge in [-0.05, 0) is 0 Å². The second-order valence-corrected chi connectivity index (χ2v) is 5.09. The van der Waals surface area contributed by atoms with Gasteiger partial charge in [-0.15, -0.1) is 0 Å². The zero-order chi connectivity index (χ0) is 23.2. The van der Waals surface area contributed by atoms with Gasteiger partial charge in [0, 0.05) is 88.2 Å². The second-order valence-electron chi connectivity index (χ2n) is 5.09. The Morgan fingerprint density at radius 3 is 1.56 bits per heavy atom. The first-order valence-corrected chi connectivity index (χ1v) is 8.55. The van der Waals surface area contributed by atoms with Crippen LogP contribution in [0.1, 0.15) is 59.2 Å². The van der Waals surface area contributed by atoms with Crippen molar-refractivity contribution in [1.82, 2.24) is 10.6 Å². The summed E-state index contributed by atoms with van der Waals surface area (Å²) in [6.45, 7) is 5.66. The molecule has 6 N–H and O–H groups in total. The normalized spacial score (nSPS) is 8.36. The quantitative estimate of drug-likeness (QED) is 0.171. The predicted molar refractivity (Wildman–Crippen MR) is 127 cm³/mol. The van der Waals surface area contributed by atoms with Gasteiger partial charge in [0.25, 0.3) is 0 Å². The molecule has 1 aliphatic rings. The fourth-order valence-electron chi connectivity index (χ4n) is 1.35. The number of aliphatic imine (C=N–C) groups is 1. The molecule has 0 unspecified atom stereocenters. The summed E-state index contributed by atoms with van der Waals surface area (Å²) in [6.07, 6.45) is 0.757. The van der Waals surface area contributed by atoms with Crippen LogP contribution in [0.3, 0.4) is 0 Å². The van der Waals surface area contributed by atoms with Crippen molar-refractivity contribution in [2.45, 2.75) is 54.9 Å². The Kier molecular flexibility index (Phi) is 134. The molecule has 1 rings (SSSR count). The van der Waals surface area contributed by atoms with Crippen LogP contribution >= 0.6 is 0 Å². The average molecular weight is 1490 g/mol. The van der Waals surface area contributed by atoms with Crippen molar-refractivity contribution < 1.29 is 238 Å². The van der Waals surface area contributed by atoms with Gasteiger partial charge in [0.15, 0.2) is 5.90 Å². The summed E-state index contributed by atoms with van der Waals surface area (Å²) >= 11 is 0. The van der Waals surface area contributed by atoms with Crippen molar-refractivity contribution in [2.75, 3.05) is 33.9 Å². The summed E-state index contributed by atoms with van der Waals surface area (Å²) in [5, 5.41) is 11.9. The number of hydrogen-bond donors (Lipinski definition) is 3. The van der Waals surface area contributed by atoms with Crippen LogP contribution in [0.2, 0.25) is 0 Å². The van der Waals surface area contributed by atoms with Crippen molar-refractivity contribution in [2.24, 2.45) is 4.99 Å². The van der Waals surface area contributed by atoms with E-state index in [1.165, 1.54) is 21.0 Å². The maximum Gasteiger partial charge on any atom is 1.00 e. The summed E-state index contributed by atoms with van der Waals surface area (Å²) in [5.74, 6) is -0.948. The summed E-state index contributed by atoms with van der Waals surface area (Å²) in [4.78, 5) is 55.0. The molecule has 0 saturated carbocycles. The van der Waals surface area contributed by atoms with Gasteiger partial charge in [-0.2, -0.15) is 0 Å². The zero-order valence-electron chi connectivity index (χ0n) is 26.2. The Morgan fingerprint density at radius 1 is 0.974 bits per heavy atom. The average Bonchev–Trinajstić information content (AvgIpc) is 2.63. The molecular weight excluding hydrogens is 1450 g/mol. The molecule has 0 aromatic carbocycles. The topological polar surface area (TPSA) is 218 Å². The number of rotatable bonds is 6. The molecule has 0 bridgehead atoms. The number of amides is 3. The molecule has 0 aliphatic carbocycles. The van der Waals surface area contributed by atoms with E-state index < -0.39 is 5.91 Å². The number of cyclic esters (lactones) is 1. The maximum atomic E-state index is 10.4. The molecule has 216 valence electrons. The Morgan fingerprint density at radius 2 is 1.33 bits per heavy atom. The summed E-state index contributed by atoms with van der Waals surface area (Å²) in [5.41, 5.74) is 6.43. The third kappa shape index (κ3) is 85.4. The summed E-state index contributed by atoms with van der Waals surface area (Å²) in [6, 6.07) is 0. The molecule has 39 heavy (non-hydrogen) atoms. The van der Waals surface area contributed by atoms with Gasteiger partial charge < -0.3 is 46.2 Å². The van der Waals surface area contributed by atoms with Crippen molar-refractivity contribution in [1.29, 1.82) is 0 Å². The molecule has 0 aromatic heterocycles. The number of aliphatic hydroxyl groups is 1. The molecule has 2 radical (unpaired) electrons. The van der Waals surface area contributed by atoms with Crippen molar-refractivity contribution in [3.05, 3.63) is 11.9 Å². The van der Waals surface area contributed by atoms with Crippen molar-refractivity contribution in [3.63, 3.8) is 0 Å². The molecule has 0 saturated heterocycles. The Hall–Kier alpha value is 1.17. The van der Waals surface area contributed by atoms with E-state index in [1.807, 2.05) is 0 Å². The number of aliphatic hydroxyl groups excluding tert-OH is 1. The third-order valence-corrected chi connectivity index (χ3v) is 2.57. The minimum atomic E-state index is -0.649. The van der Waals surface area contributed by atoms with Crippen LogP contribution in [0.25, 0.3) is 11.9 Å². The number of methoxy groups -OCH3 is 1. The predicted octanol–water partition coefficient (Wildman–Crippen LogP) is -6.93. The Balaban J connectivity index is -0.0000000146. The van der Waals surface area contributed by atoms with E-state index in [4.69, 9.17) is 10.8 Å². The second kappa shape index (κ2) is 62.7. The summed E-state index contributed by atoms with van der Waals surface area (Å²) < 4.78 is 8.94. The van der Waals surface area contributed by atoms with E-state index in [2.05, 4.69) is 25.1 Å². The standard InChI is InChI=1S/C6H11NO3.C5H10N2O2.C5H7NO2.CH4O.2CH4.3K.H2N.2Re.2Rf.3H/c1-5(8)7-4-3-6(9)10-2;1-4(8)7-3-2-5(6)9;1-4-6-3-2-5(7)8-4;1-2;;;;;;;;;;;;;/h3-4H2,1-2H3,(H,7,8);2-3H2,1H3,(H3,6,7,8,9);2-3H2,1H3;2H,1H3;2*1H4;;;;1H2;;;;;;;/q;;;;;;3*+1;-1;;;;;3*-1/p-1. The fourth-order valence-corrected chi connectivity index (χ4v) is 1.35. The van der Waals surface area contributed by atoms with Crippen LogP contribution in [0.5, 0.6) is 0 Å². The van der Waals surface area contributed by atoms with Gasteiger partial charge >= 0.3 is 166 Å². The van der Waals surface area contributed by atoms with Gasteiger partial charge in [0.05, 0.1) is 32.4 Å². The first-order chi connectivity index (χ1) is 13.6. The van der Waals surface area contributed by atoms with Crippen LogP contribution in [0.4, 0.5) is 0 Å². The third-order valence-electron chi connectivity index (χ3n) is 2.57. The molecule has 1 heterocycles. The molecule has 20 heteroatoms. The van der Waals surface area contributed by atoms with Crippen LogP contribution in [0.15, 0.2) is 4.99 Å². The Bertz CT molecular complexity index is 593. The van der Waals surface area contributed by atoms with E-state index in [9.17, 15) is 24.0 Å². The SMILES string of the molecule is C.C.CC(=O)NCCC([NH-])=O.CC1=NCCC(=O)O1.CO.COC(=O)CCNC(C)=O.[H-].[H-].[H-].[K+].[K+].[K+].[NH2-].[Re].[Re].[Rf].[Rf]. The molecular formula is C19H44K3N5O8Re2Rf2-2. The number of nitrogens with two attached hydrogens (primary N) is 1. The van der Waals surface area contributed by atoms with Gasteiger partial charge in [-0.25, -0.2) is 0 Å². The van der Waals surface area contributed by atoms with Gasteiger partial charge in [-0.3, -0.25) is 24.2 Å². The smallest absolute Gasteiger partial charge is 1.00 e. The van der Waals surface area contributed by atoms with E-state index >= 15 is 0 Å². The minimum Gasteiger partial charge on any atom is -1.00 e. The number of ether oxygens (including phenoxy) is 2. The molecule has 0 fully saturated rings. The van der Waals surface area contributed by atoms with E-state index in [0.29, 0.717) is 25.4 Å². The summed E-state index contributed by atoms with van der Waals surface area (Å²) in [7, 11) is 2.32. The largest absolute Gasteiger partial charge is 1.00 e. The number of nitrogens with zero attached hydrogens (tertiary/aromatic N) is 1. The number of nitrogens with one attached hydrogen (secondary N) is 3. The molecule has 3 amide bonds. The van der Waals surface area contributed by atoms with Crippen LogP contribution in [0, 0.1) is 0 Å². The van der Waals surface area contributed by atoms with Crippen molar-refractivity contribution in [3.8, 4) is 0 Å². The molecule has 1 aliphatic heterocycles. The first kappa shape index (κ1) is 83.5. The minimum absolute atomic E-state index is 0. The van der Waals surface area contributed by atoms with E-state index in [0.717, 1.165) is 7.11 Å². The number of carbonyl (C=O) groups is 5. The Labute approximate surface area is 381 Å². The first-order valence-electron chi connectivity index (χ1n) is 8.55. The van der Waals surface area contributed by atoms with Gasteiger partial charge in [-0.1, -0.05) is 14.9 Å². The molecule has 0 atom stereocenters. The fraction of sp³-hybridized carbons (Fsp3) is 0.684. The maximum absolute atomic E-state index is 10.4. The van der Waals surface area contributed by atoms with Crippen LogP contribution in [-0.4, -0.2) is 74.5 Å². The zero-order valence-corrected chi connectivity index (χ0v) is 50.8. The van der Waals surface area contributed by atoms with Crippen molar-refractivity contribution >= 4 is 35.6 Å². The van der Waals surface area contributed by atoms with E-state index in [-0.39, 0.29) is 263 Å². The van der Waals surface area contributed by atoms with Crippen LogP contribution in [-0.2, 0) is 74.3 Å². The number of esters is 2. The van der Waals surface area contributed by atoms with Gasteiger partial charge in [0.1, 0.15) is 0 Å². The monoisotopic (exact) mass is 1500 g/mol. The molecule has 0 spiro atoms. The van der Waals surface area contributed by atoms with Crippen LogP contribution < -0.4 is 165 Å². The molecule has 0 aromatic rings. The number of hydrogen-bond acceptors (Lipinski definition) is 9. The number of carbonyl (C=O) groups excluding carboxylic acids is 5. The van der Waals surface area contributed by atoms with E-state index in [1.54, 1.807) is 6.92 Å².